The van der Waals surface area contributed by atoms with Gasteiger partial charge >= 0.3 is 0 Å². The van der Waals surface area contributed by atoms with Crippen molar-refractivity contribution < 1.29 is 9.47 Å². The Morgan fingerprint density at radius 2 is 2.33 bits per heavy atom. The summed E-state index contributed by atoms with van der Waals surface area (Å²) in [5.74, 6) is 0.803. The Balaban J connectivity index is 1.77. The fraction of sp³-hybridized carbons (Fsp3) is 0.571. The van der Waals surface area contributed by atoms with Gasteiger partial charge in [-0.25, -0.2) is 0 Å². The topological polar surface area (TPSA) is 44.5 Å². The molecule has 2 rings (SSSR count). The summed E-state index contributed by atoms with van der Waals surface area (Å²) >= 11 is 6.07. The van der Waals surface area contributed by atoms with Gasteiger partial charge in [-0.15, -0.1) is 0 Å². The quantitative estimate of drug-likeness (QED) is 0.807. The van der Waals surface area contributed by atoms with Crippen LogP contribution in [0.1, 0.15) is 31.2 Å². The molecule has 2 N–H and O–H groups in total. The summed E-state index contributed by atoms with van der Waals surface area (Å²) in [6, 6.07) is 5.64. The molecule has 0 bridgehead atoms. The summed E-state index contributed by atoms with van der Waals surface area (Å²) in [5.41, 5.74) is 6.56. The van der Waals surface area contributed by atoms with Crippen molar-refractivity contribution in [3.8, 4) is 5.75 Å². The van der Waals surface area contributed by atoms with E-state index in [1.165, 1.54) is 12.8 Å². The fourth-order valence-electron chi connectivity index (χ4n) is 2.24. The third-order valence-corrected chi connectivity index (χ3v) is 3.59. The Hall–Kier alpha value is -0.770. The van der Waals surface area contributed by atoms with E-state index >= 15 is 0 Å². The summed E-state index contributed by atoms with van der Waals surface area (Å²) in [6.07, 6.45) is 4.88. The maximum absolute atomic E-state index is 6.07. The highest BCUT2D eigenvalue weighted by molar-refractivity contribution is 6.31. The van der Waals surface area contributed by atoms with Crippen LogP contribution in [0.2, 0.25) is 5.02 Å². The Labute approximate surface area is 113 Å². The smallest absolute Gasteiger partial charge is 0.125 e. The van der Waals surface area contributed by atoms with E-state index in [4.69, 9.17) is 26.8 Å². The molecule has 1 aliphatic rings. The van der Waals surface area contributed by atoms with Gasteiger partial charge < -0.3 is 15.2 Å². The lowest BCUT2D eigenvalue weighted by molar-refractivity contribution is 0.0981. The van der Waals surface area contributed by atoms with Crippen molar-refractivity contribution in [2.24, 2.45) is 5.73 Å². The molecule has 0 aliphatic carbocycles. The van der Waals surface area contributed by atoms with Crippen LogP contribution >= 0.6 is 11.6 Å². The van der Waals surface area contributed by atoms with E-state index in [2.05, 4.69) is 0 Å². The summed E-state index contributed by atoms with van der Waals surface area (Å²) in [7, 11) is 0. The lowest BCUT2D eigenvalue weighted by Crippen LogP contribution is -2.09. The van der Waals surface area contributed by atoms with Crippen LogP contribution in [0.15, 0.2) is 18.2 Å². The second kappa shape index (κ2) is 6.98. The number of hydrogen-bond acceptors (Lipinski definition) is 3. The monoisotopic (exact) mass is 269 g/mol. The molecule has 1 aliphatic heterocycles. The first-order valence-corrected chi connectivity index (χ1v) is 6.91. The van der Waals surface area contributed by atoms with Gasteiger partial charge in [0.1, 0.15) is 5.75 Å². The normalized spacial score (nSPS) is 19.1. The highest BCUT2D eigenvalue weighted by Crippen LogP contribution is 2.26. The van der Waals surface area contributed by atoms with Crippen molar-refractivity contribution in [3.05, 3.63) is 28.8 Å². The summed E-state index contributed by atoms with van der Waals surface area (Å²) in [4.78, 5) is 0. The van der Waals surface area contributed by atoms with Crippen LogP contribution < -0.4 is 10.5 Å². The minimum Gasteiger partial charge on any atom is -0.493 e. The first-order valence-electron chi connectivity index (χ1n) is 6.53. The molecule has 100 valence electrons. The molecule has 1 saturated heterocycles. The largest absolute Gasteiger partial charge is 0.493 e. The zero-order valence-electron chi connectivity index (χ0n) is 10.5. The highest BCUT2D eigenvalue weighted by Gasteiger charge is 2.14. The van der Waals surface area contributed by atoms with Gasteiger partial charge in [-0.1, -0.05) is 17.7 Å². The second-order valence-corrected chi connectivity index (χ2v) is 4.95. The second-order valence-electron chi connectivity index (χ2n) is 4.55. The molecule has 1 aromatic carbocycles. The van der Waals surface area contributed by atoms with Gasteiger partial charge in [-0.05, 0) is 37.8 Å². The van der Waals surface area contributed by atoms with E-state index in [0.717, 1.165) is 30.8 Å². The van der Waals surface area contributed by atoms with Gasteiger partial charge in [-0.3, -0.25) is 0 Å². The average Bonchev–Trinajstić information content (AvgIpc) is 2.88. The van der Waals surface area contributed by atoms with Crippen molar-refractivity contribution in [2.75, 3.05) is 13.2 Å². The van der Waals surface area contributed by atoms with Gasteiger partial charge in [0.25, 0.3) is 0 Å². The molecular formula is C14H20ClNO2. The van der Waals surface area contributed by atoms with Crippen LogP contribution in [0, 0.1) is 0 Å². The van der Waals surface area contributed by atoms with Crippen molar-refractivity contribution in [1.29, 1.82) is 0 Å². The van der Waals surface area contributed by atoms with Crippen LogP contribution in [0.5, 0.6) is 5.75 Å². The number of nitrogens with two attached hydrogens (primary N) is 1. The minimum atomic E-state index is 0.404. The van der Waals surface area contributed by atoms with Crippen molar-refractivity contribution in [1.82, 2.24) is 0 Å². The maximum Gasteiger partial charge on any atom is 0.125 e. The van der Waals surface area contributed by atoms with Crippen molar-refractivity contribution >= 4 is 11.6 Å². The van der Waals surface area contributed by atoms with Crippen molar-refractivity contribution in [3.63, 3.8) is 0 Å². The van der Waals surface area contributed by atoms with E-state index < -0.39 is 0 Å². The Kier molecular flexibility index (Phi) is 5.29. The van der Waals surface area contributed by atoms with Crippen LogP contribution in [-0.2, 0) is 11.3 Å². The Morgan fingerprint density at radius 1 is 1.44 bits per heavy atom. The lowest BCUT2D eigenvalue weighted by Gasteiger charge is -2.13. The predicted octanol–water partition coefficient (Wildman–Crippen LogP) is 3.14. The molecule has 1 fully saturated rings. The first-order chi connectivity index (χ1) is 8.81. The minimum absolute atomic E-state index is 0.404. The van der Waals surface area contributed by atoms with E-state index in [1.807, 2.05) is 18.2 Å². The first kappa shape index (κ1) is 13.7. The van der Waals surface area contributed by atoms with Gasteiger partial charge in [-0.2, -0.15) is 0 Å². The zero-order chi connectivity index (χ0) is 12.8. The molecule has 0 amide bonds. The third-order valence-electron chi connectivity index (χ3n) is 3.23. The van der Waals surface area contributed by atoms with Crippen LogP contribution in [0.4, 0.5) is 0 Å². The van der Waals surface area contributed by atoms with Gasteiger partial charge in [0.15, 0.2) is 0 Å². The van der Waals surface area contributed by atoms with Crippen LogP contribution in [0.3, 0.4) is 0 Å². The number of hydrogen-bond donors (Lipinski definition) is 1. The van der Waals surface area contributed by atoms with E-state index in [1.54, 1.807) is 0 Å². The lowest BCUT2D eigenvalue weighted by atomic mass is 10.1. The Morgan fingerprint density at radius 3 is 3.06 bits per heavy atom. The zero-order valence-corrected chi connectivity index (χ0v) is 11.3. The van der Waals surface area contributed by atoms with Gasteiger partial charge in [0.2, 0.25) is 0 Å². The standard InChI is InChI=1S/C14H20ClNO2/c15-13-6-1-7-14(12(13)10-16)18-9-3-5-11-4-2-8-17-11/h1,6-7,11H,2-5,8-10,16H2. The highest BCUT2D eigenvalue weighted by atomic mass is 35.5. The summed E-state index contributed by atoms with van der Waals surface area (Å²) in [5, 5.41) is 0.675. The predicted molar refractivity (Wildman–Crippen MR) is 73.0 cm³/mol. The van der Waals surface area contributed by atoms with E-state index in [0.29, 0.717) is 24.3 Å². The molecule has 18 heavy (non-hydrogen) atoms. The van der Waals surface area contributed by atoms with Crippen molar-refractivity contribution in [2.45, 2.75) is 38.3 Å². The molecular weight excluding hydrogens is 250 g/mol. The van der Waals surface area contributed by atoms with E-state index in [-0.39, 0.29) is 0 Å². The average molecular weight is 270 g/mol. The molecule has 0 radical (unpaired) electrons. The van der Waals surface area contributed by atoms with E-state index in [9.17, 15) is 0 Å². The third kappa shape index (κ3) is 3.61. The molecule has 1 heterocycles. The van der Waals surface area contributed by atoms with Gasteiger partial charge in [0.05, 0.1) is 12.7 Å². The fourth-order valence-corrected chi connectivity index (χ4v) is 2.48. The molecule has 3 nitrogen and oxygen atoms in total. The SMILES string of the molecule is NCc1c(Cl)cccc1OCCCC1CCCO1. The number of halogens is 1. The molecule has 0 aromatic heterocycles. The molecule has 4 heteroatoms. The summed E-state index contributed by atoms with van der Waals surface area (Å²) in [6.45, 7) is 2.01. The maximum atomic E-state index is 6.07. The summed E-state index contributed by atoms with van der Waals surface area (Å²) < 4.78 is 11.3. The van der Waals surface area contributed by atoms with Crippen LogP contribution in [-0.4, -0.2) is 19.3 Å². The molecule has 0 saturated carbocycles. The Bertz CT molecular complexity index is 378. The molecule has 1 atom stereocenters. The van der Waals surface area contributed by atoms with Crippen LogP contribution in [0.25, 0.3) is 0 Å². The number of benzene rings is 1. The molecule has 0 spiro atoms. The van der Waals surface area contributed by atoms with Gasteiger partial charge in [0, 0.05) is 23.7 Å². The number of ether oxygens (including phenoxy) is 2. The molecule has 1 unspecified atom stereocenters. The molecule has 1 aromatic rings. The number of rotatable bonds is 6.